The first-order valence-electron chi connectivity index (χ1n) is 5.42. The molecule has 1 rings (SSSR count). The Bertz CT molecular complexity index is 69.9. The van der Waals surface area contributed by atoms with Crippen molar-refractivity contribution in [1.29, 1.82) is 0 Å². The second-order valence-corrected chi connectivity index (χ2v) is 3.41. The van der Waals surface area contributed by atoms with Crippen LogP contribution in [0.15, 0.2) is 0 Å². The molecule has 3 heteroatoms. The van der Waals surface area contributed by atoms with Crippen molar-refractivity contribution in [3.05, 3.63) is 0 Å². The Morgan fingerprint density at radius 1 is 0.923 bits per heavy atom. The van der Waals surface area contributed by atoms with Gasteiger partial charge < -0.3 is 4.74 Å². The van der Waals surface area contributed by atoms with Gasteiger partial charge in [-0.25, -0.2) is 19.0 Å². The van der Waals surface area contributed by atoms with Gasteiger partial charge in [0.15, 0.2) is 0 Å². The third-order valence-electron chi connectivity index (χ3n) is 2.56. The summed E-state index contributed by atoms with van der Waals surface area (Å²) in [5.41, 5.74) is 0. The van der Waals surface area contributed by atoms with Crippen LogP contribution in [0.1, 0.15) is 33.6 Å². The summed E-state index contributed by atoms with van der Waals surface area (Å²) in [5, 5.41) is 0. The van der Waals surface area contributed by atoms with Crippen molar-refractivity contribution >= 4 is 6.71 Å². The van der Waals surface area contributed by atoms with Crippen LogP contribution in [0.4, 0.5) is 0 Å². The molecule has 1 aliphatic rings. The molecule has 1 aliphatic heterocycles. The molecule has 0 aromatic heterocycles. The van der Waals surface area contributed by atoms with Gasteiger partial charge in [-0.2, -0.15) is 0 Å². The third-order valence-corrected chi connectivity index (χ3v) is 2.56. The molecule has 0 aliphatic carbocycles. The van der Waals surface area contributed by atoms with Gasteiger partial charge in [-0.1, -0.05) is 20.8 Å². The van der Waals surface area contributed by atoms with Crippen LogP contribution >= 0.6 is 0 Å². The molecule has 0 bridgehead atoms. The van der Waals surface area contributed by atoms with E-state index < -0.39 is 0 Å². The topological polar surface area (TPSA) is 9.23 Å². The molecule has 73 valence electrons. The van der Waals surface area contributed by atoms with E-state index in [1.54, 1.807) is 0 Å². The summed E-state index contributed by atoms with van der Waals surface area (Å²) in [6.07, 6.45) is 6.62. The molecule has 13 heavy (non-hydrogen) atoms. The first-order chi connectivity index (χ1) is 5.85. The van der Waals surface area contributed by atoms with E-state index in [-0.39, 0.29) is 18.9 Å². The van der Waals surface area contributed by atoms with E-state index in [4.69, 9.17) is 4.74 Å². The molecule has 1 radical (unpaired) electrons. The van der Waals surface area contributed by atoms with E-state index in [2.05, 4.69) is 20.8 Å². The summed E-state index contributed by atoms with van der Waals surface area (Å²) < 4.78 is 4.94. The summed E-state index contributed by atoms with van der Waals surface area (Å²) in [6.45, 7) is 9.77. The number of hydrogen-bond acceptors (Lipinski definition) is 1. The van der Waals surface area contributed by atoms with Crippen LogP contribution in [-0.2, 0) is 4.74 Å². The molecule has 1 nitrogen and oxygen atoms in total. The monoisotopic (exact) mass is 177 g/mol. The average molecular weight is 177 g/mol. The summed E-state index contributed by atoms with van der Waals surface area (Å²) in [7, 11) is 0. The number of rotatable bonds is 3. The molecule has 0 aromatic carbocycles. The van der Waals surface area contributed by atoms with Crippen molar-refractivity contribution in [3.63, 3.8) is 0 Å². The van der Waals surface area contributed by atoms with Gasteiger partial charge in [-0.15, -0.1) is 6.71 Å². The molecule has 0 aromatic rings. The van der Waals surface area contributed by atoms with E-state index >= 15 is 0 Å². The van der Waals surface area contributed by atoms with Gasteiger partial charge in [0.05, 0.1) is 0 Å². The van der Waals surface area contributed by atoms with Gasteiger partial charge >= 0.3 is 18.9 Å². The predicted molar refractivity (Wildman–Crippen MR) is 57.3 cm³/mol. The van der Waals surface area contributed by atoms with Gasteiger partial charge in [-0.3, -0.25) is 0 Å². The summed E-state index contributed by atoms with van der Waals surface area (Å²) in [6, 6.07) is 0. The molecule has 0 spiro atoms. The van der Waals surface area contributed by atoms with Crippen molar-refractivity contribution in [2.75, 3.05) is 13.2 Å². The minimum Gasteiger partial charge on any atom is -0.381 e. The predicted octanol–water partition coefficient (Wildman–Crippen LogP) is 0.342. The summed E-state index contributed by atoms with van der Waals surface area (Å²) in [5.74, 6) is 0. The Balaban J connectivity index is 0. The van der Waals surface area contributed by atoms with E-state index in [1.165, 1.54) is 31.8 Å². The first kappa shape index (κ1) is 16.1. The van der Waals surface area contributed by atoms with Crippen molar-refractivity contribution in [1.82, 2.24) is 0 Å². The van der Waals surface area contributed by atoms with Crippen LogP contribution in [0.5, 0.6) is 0 Å². The van der Waals surface area contributed by atoms with Crippen LogP contribution in [0.3, 0.4) is 0 Å². The molecule has 1 fully saturated rings. The fourth-order valence-electron chi connectivity index (χ4n) is 1.38. The third kappa shape index (κ3) is 10.5. The molecule has 0 N–H and O–H groups in total. The number of hydrogen-bond donors (Lipinski definition) is 0. The van der Waals surface area contributed by atoms with Crippen LogP contribution < -0.4 is 18.9 Å². The Kier molecular flexibility index (Phi) is 15.6. The van der Waals surface area contributed by atoms with E-state index in [9.17, 15) is 0 Å². The van der Waals surface area contributed by atoms with Gasteiger partial charge in [0.2, 0.25) is 0 Å². The van der Waals surface area contributed by atoms with E-state index in [0.717, 1.165) is 19.9 Å². The maximum atomic E-state index is 4.94. The molecule has 1 saturated heterocycles. The molecule has 0 saturated carbocycles. The largest absolute Gasteiger partial charge is 1.00 e. The molecular weight excluding hydrogens is 154 g/mol. The van der Waals surface area contributed by atoms with Gasteiger partial charge in [-0.05, 0) is 12.8 Å². The average Bonchev–Trinajstić information content (AvgIpc) is 2.64. The van der Waals surface area contributed by atoms with Crippen LogP contribution in [-0.4, -0.2) is 19.9 Å². The fourth-order valence-corrected chi connectivity index (χ4v) is 1.38. The summed E-state index contributed by atoms with van der Waals surface area (Å²) >= 11 is 0. The summed E-state index contributed by atoms with van der Waals surface area (Å²) in [4.78, 5) is 0. The fraction of sp³-hybridized carbons (Fsp3) is 1.00. The van der Waals surface area contributed by atoms with Gasteiger partial charge in [0, 0.05) is 13.2 Å². The molecule has 0 amide bonds. The second kappa shape index (κ2) is 12.6. The van der Waals surface area contributed by atoms with Crippen molar-refractivity contribution in [2.24, 2.45) is 0 Å². The molecule has 0 atom stereocenters. The second-order valence-electron chi connectivity index (χ2n) is 3.41. The Hall–Kier alpha value is 0.622. The SMILES string of the molecule is C1CCOC1.CC[B-](CC)CC.[Li+]. The quantitative estimate of drug-likeness (QED) is 0.565. The first-order valence-corrected chi connectivity index (χ1v) is 5.42. The van der Waals surface area contributed by atoms with Crippen molar-refractivity contribution in [2.45, 2.75) is 52.6 Å². The standard InChI is InChI=1S/C6H15B.C4H8O.Li/c1-4-7(5-2)6-3;1-2-4-5-3-1;/h4-6H2,1-3H3;1-4H2;/q-1;;+1. The molecule has 0 unspecified atom stereocenters. The zero-order valence-corrected chi connectivity index (χ0v) is 9.94. The zero-order chi connectivity index (χ0) is 9.23. The van der Waals surface area contributed by atoms with Gasteiger partial charge in [0.1, 0.15) is 0 Å². The van der Waals surface area contributed by atoms with E-state index in [1.807, 2.05) is 0 Å². The van der Waals surface area contributed by atoms with Crippen LogP contribution in [0.2, 0.25) is 19.0 Å². The Morgan fingerprint density at radius 2 is 1.31 bits per heavy atom. The zero-order valence-electron chi connectivity index (χ0n) is 9.94. The molecular formula is C10H23BLiO. The maximum absolute atomic E-state index is 4.94. The minimum atomic E-state index is 0. The van der Waals surface area contributed by atoms with Crippen LogP contribution in [0.25, 0.3) is 0 Å². The van der Waals surface area contributed by atoms with Crippen molar-refractivity contribution in [3.8, 4) is 0 Å². The maximum Gasteiger partial charge on any atom is 1.00 e. The Labute approximate surface area is 96.3 Å². The minimum absolute atomic E-state index is 0. The normalized spacial score (nSPS) is 14.8. The molecule has 1 heterocycles. The van der Waals surface area contributed by atoms with E-state index in [0.29, 0.717) is 0 Å². The van der Waals surface area contributed by atoms with Gasteiger partial charge in [0.25, 0.3) is 0 Å². The number of ether oxygens (including phenoxy) is 1. The smallest absolute Gasteiger partial charge is 0.381 e. The van der Waals surface area contributed by atoms with Crippen LogP contribution in [0, 0.1) is 0 Å². The van der Waals surface area contributed by atoms with Crippen molar-refractivity contribution < 1.29 is 23.6 Å². The Morgan fingerprint density at radius 3 is 1.38 bits per heavy atom.